The second-order valence-electron chi connectivity index (χ2n) is 5.41. The standard InChI is InChI=1S/C14H28N4O.HI/c1-5-15-13(16-6-2)17-11-14(9-7-8-10-14)12(19)18(3)4;/h5-11H2,1-4H3,(H2,15,16,17);1H. The van der Waals surface area contributed by atoms with Crippen LogP contribution >= 0.6 is 24.0 Å². The molecule has 0 radical (unpaired) electrons. The second kappa shape index (κ2) is 9.41. The SMILES string of the molecule is CCNC(=NCC1(C(=O)N(C)C)CCCC1)NCC.I. The second-order valence-corrected chi connectivity index (χ2v) is 5.41. The number of guanidine groups is 1. The van der Waals surface area contributed by atoms with Crippen molar-refractivity contribution in [2.45, 2.75) is 39.5 Å². The summed E-state index contributed by atoms with van der Waals surface area (Å²) in [6.07, 6.45) is 4.18. The topological polar surface area (TPSA) is 56.7 Å². The molecule has 0 aliphatic heterocycles. The summed E-state index contributed by atoms with van der Waals surface area (Å²) in [6.45, 7) is 6.34. The number of hydrogen-bond acceptors (Lipinski definition) is 2. The van der Waals surface area contributed by atoms with Gasteiger partial charge in [-0.25, -0.2) is 0 Å². The molecule has 0 unspecified atom stereocenters. The monoisotopic (exact) mass is 396 g/mol. The van der Waals surface area contributed by atoms with Gasteiger partial charge in [0.15, 0.2) is 5.96 Å². The number of amides is 1. The van der Waals surface area contributed by atoms with Crippen molar-refractivity contribution in [1.82, 2.24) is 15.5 Å². The van der Waals surface area contributed by atoms with Crippen LogP contribution in [0.2, 0.25) is 0 Å². The molecule has 0 saturated heterocycles. The third-order valence-electron chi connectivity index (χ3n) is 3.65. The Balaban J connectivity index is 0.00000361. The molecule has 0 spiro atoms. The fraction of sp³-hybridized carbons (Fsp3) is 0.857. The molecule has 0 aromatic heterocycles. The van der Waals surface area contributed by atoms with Crippen LogP contribution < -0.4 is 10.6 Å². The zero-order chi connectivity index (χ0) is 14.3. The Morgan fingerprint density at radius 2 is 1.65 bits per heavy atom. The van der Waals surface area contributed by atoms with E-state index in [0.717, 1.165) is 44.7 Å². The van der Waals surface area contributed by atoms with Gasteiger partial charge in [0.25, 0.3) is 0 Å². The molecular weight excluding hydrogens is 367 g/mol. The van der Waals surface area contributed by atoms with Crippen molar-refractivity contribution in [3.63, 3.8) is 0 Å². The average molecular weight is 396 g/mol. The fourth-order valence-electron chi connectivity index (χ4n) is 2.71. The number of nitrogens with one attached hydrogen (secondary N) is 2. The summed E-state index contributed by atoms with van der Waals surface area (Å²) in [6, 6.07) is 0. The van der Waals surface area contributed by atoms with Crippen molar-refractivity contribution in [3.8, 4) is 0 Å². The molecule has 118 valence electrons. The molecule has 0 aromatic carbocycles. The molecule has 1 fully saturated rings. The summed E-state index contributed by atoms with van der Waals surface area (Å²) < 4.78 is 0. The molecule has 6 heteroatoms. The Bertz CT molecular complexity index is 317. The van der Waals surface area contributed by atoms with Gasteiger partial charge in [-0.3, -0.25) is 9.79 Å². The Morgan fingerprint density at radius 3 is 2.05 bits per heavy atom. The lowest BCUT2D eigenvalue weighted by Crippen LogP contribution is -2.43. The molecular formula is C14H29IN4O. The maximum atomic E-state index is 12.4. The number of nitrogens with zero attached hydrogens (tertiary/aromatic N) is 2. The first kappa shape index (κ1) is 19.5. The largest absolute Gasteiger partial charge is 0.357 e. The number of hydrogen-bond donors (Lipinski definition) is 2. The van der Waals surface area contributed by atoms with Crippen molar-refractivity contribution < 1.29 is 4.79 Å². The van der Waals surface area contributed by atoms with Crippen LogP contribution in [0.4, 0.5) is 0 Å². The summed E-state index contributed by atoms with van der Waals surface area (Å²) in [5.74, 6) is 1.03. The van der Waals surface area contributed by atoms with Gasteiger partial charge in [0.2, 0.25) is 5.91 Å². The number of carbonyl (C=O) groups is 1. The third kappa shape index (κ3) is 5.10. The van der Waals surface area contributed by atoms with Gasteiger partial charge < -0.3 is 15.5 Å². The van der Waals surface area contributed by atoms with Gasteiger partial charge in [-0.15, -0.1) is 24.0 Å². The van der Waals surface area contributed by atoms with E-state index >= 15 is 0 Å². The minimum Gasteiger partial charge on any atom is -0.357 e. The smallest absolute Gasteiger partial charge is 0.230 e. The van der Waals surface area contributed by atoms with Crippen LogP contribution in [0.15, 0.2) is 4.99 Å². The van der Waals surface area contributed by atoms with E-state index in [2.05, 4.69) is 15.6 Å². The maximum Gasteiger partial charge on any atom is 0.230 e. The highest BCUT2D eigenvalue weighted by molar-refractivity contribution is 14.0. The normalized spacial score (nSPS) is 16.0. The first-order valence-corrected chi connectivity index (χ1v) is 7.29. The van der Waals surface area contributed by atoms with Crippen molar-refractivity contribution in [2.24, 2.45) is 10.4 Å². The quantitative estimate of drug-likeness (QED) is 0.424. The molecule has 20 heavy (non-hydrogen) atoms. The van der Waals surface area contributed by atoms with Gasteiger partial charge in [-0.2, -0.15) is 0 Å². The molecule has 1 amide bonds. The van der Waals surface area contributed by atoms with Crippen LogP contribution in [0.5, 0.6) is 0 Å². The minimum atomic E-state index is -0.278. The minimum absolute atomic E-state index is 0. The fourth-order valence-corrected chi connectivity index (χ4v) is 2.71. The molecule has 0 aromatic rings. The average Bonchev–Trinajstić information content (AvgIpc) is 2.85. The lowest BCUT2D eigenvalue weighted by atomic mass is 9.85. The Kier molecular flexibility index (Phi) is 9.16. The van der Waals surface area contributed by atoms with E-state index in [0.29, 0.717) is 6.54 Å². The predicted molar refractivity (Wildman–Crippen MR) is 94.7 cm³/mol. The molecule has 5 nitrogen and oxygen atoms in total. The van der Waals surface area contributed by atoms with E-state index in [-0.39, 0.29) is 35.3 Å². The van der Waals surface area contributed by atoms with Crippen LogP contribution in [0.25, 0.3) is 0 Å². The van der Waals surface area contributed by atoms with E-state index in [1.807, 2.05) is 27.9 Å². The molecule has 1 aliphatic carbocycles. The van der Waals surface area contributed by atoms with Gasteiger partial charge in [-0.05, 0) is 26.7 Å². The van der Waals surface area contributed by atoms with E-state index < -0.39 is 0 Å². The molecule has 0 heterocycles. The Morgan fingerprint density at radius 1 is 1.15 bits per heavy atom. The zero-order valence-corrected chi connectivity index (χ0v) is 15.5. The molecule has 1 saturated carbocycles. The van der Waals surface area contributed by atoms with Gasteiger partial charge in [0, 0.05) is 27.2 Å². The van der Waals surface area contributed by atoms with E-state index in [4.69, 9.17) is 0 Å². The summed E-state index contributed by atoms with van der Waals surface area (Å²) >= 11 is 0. The number of aliphatic imine (C=N–C) groups is 1. The lowest BCUT2D eigenvalue weighted by Gasteiger charge is -2.29. The van der Waals surface area contributed by atoms with Crippen LogP contribution in [-0.4, -0.2) is 50.5 Å². The van der Waals surface area contributed by atoms with Crippen LogP contribution in [0.3, 0.4) is 0 Å². The third-order valence-corrected chi connectivity index (χ3v) is 3.65. The first-order valence-electron chi connectivity index (χ1n) is 7.29. The molecule has 0 bridgehead atoms. The van der Waals surface area contributed by atoms with Crippen LogP contribution in [0.1, 0.15) is 39.5 Å². The van der Waals surface area contributed by atoms with Crippen molar-refractivity contribution in [1.29, 1.82) is 0 Å². The van der Waals surface area contributed by atoms with E-state index in [9.17, 15) is 4.79 Å². The molecule has 0 atom stereocenters. The van der Waals surface area contributed by atoms with Crippen molar-refractivity contribution >= 4 is 35.8 Å². The molecule has 2 N–H and O–H groups in total. The van der Waals surface area contributed by atoms with E-state index in [1.54, 1.807) is 4.90 Å². The molecule has 1 rings (SSSR count). The maximum absolute atomic E-state index is 12.4. The lowest BCUT2D eigenvalue weighted by molar-refractivity contribution is -0.138. The zero-order valence-electron chi connectivity index (χ0n) is 13.2. The number of rotatable bonds is 5. The summed E-state index contributed by atoms with van der Waals surface area (Å²) in [4.78, 5) is 18.7. The van der Waals surface area contributed by atoms with Crippen LogP contribution in [0, 0.1) is 5.41 Å². The highest BCUT2D eigenvalue weighted by atomic mass is 127. The molecule has 1 aliphatic rings. The Hall–Kier alpha value is -0.530. The van der Waals surface area contributed by atoms with Gasteiger partial charge >= 0.3 is 0 Å². The van der Waals surface area contributed by atoms with E-state index in [1.165, 1.54) is 0 Å². The van der Waals surface area contributed by atoms with Gasteiger partial charge in [-0.1, -0.05) is 12.8 Å². The van der Waals surface area contributed by atoms with Crippen LogP contribution in [-0.2, 0) is 4.79 Å². The number of carbonyl (C=O) groups excluding carboxylic acids is 1. The highest BCUT2D eigenvalue weighted by Crippen LogP contribution is 2.39. The summed E-state index contributed by atoms with van der Waals surface area (Å²) in [7, 11) is 3.67. The summed E-state index contributed by atoms with van der Waals surface area (Å²) in [5.41, 5.74) is -0.278. The van der Waals surface area contributed by atoms with Crippen molar-refractivity contribution in [2.75, 3.05) is 33.7 Å². The number of halogens is 1. The highest BCUT2D eigenvalue weighted by Gasteiger charge is 2.41. The van der Waals surface area contributed by atoms with Gasteiger partial charge in [0.1, 0.15) is 0 Å². The van der Waals surface area contributed by atoms with Crippen molar-refractivity contribution in [3.05, 3.63) is 0 Å². The predicted octanol–water partition coefficient (Wildman–Crippen LogP) is 1.83. The Labute approximate surface area is 140 Å². The first-order chi connectivity index (χ1) is 9.05. The summed E-state index contributed by atoms with van der Waals surface area (Å²) in [5, 5.41) is 6.41. The van der Waals surface area contributed by atoms with Gasteiger partial charge in [0.05, 0.1) is 12.0 Å².